The third-order valence-electron chi connectivity index (χ3n) is 12.8. The molecule has 1 aromatic rings. The van der Waals surface area contributed by atoms with E-state index < -0.39 is 0 Å². The molecule has 5 rings (SSSR count). The molecule has 0 aliphatic heterocycles. The molecule has 0 aromatic heterocycles. The Morgan fingerprint density at radius 3 is 2.54 bits per heavy atom. The summed E-state index contributed by atoms with van der Waals surface area (Å²) in [5, 5.41) is 0. The second-order valence-corrected chi connectivity index (χ2v) is 15.0. The smallest absolute Gasteiger partial charge is 0.305 e. The molecule has 1 aromatic carbocycles. The van der Waals surface area contributed by atoms with Gasteiger partial charge in [-0.25, -0.2) is 0 Å². The zero-order valence-corrected chi connectivity index (χ0v) is 26.5. The van der Waals surface area contributed by atoms with Gasteiger partial charge in [0.15, 0.2) is 0 Å². The molecule has 0 saturated heterocycles. The van der Waals surface area contributed by atoms with Gasteiger partial charge >= 0.3 is 5.97 Å². The Balaban J connectivity index is 1.15. The van der Waals surface area contributed by atoms with Crippen LogP contribution in [0.15, 0.2) is 18.2 Å². The van der Waals surface area contributed by atoms with Crippen LogP contribution in [0, 0.1) is 46.3 Å². The predicted molar refractivity (Wildman–Crippen MR) is 168 cm³/mol. The highest BCUT2D eigenvalue weighted by atomic mass is 16.5. The maximum atomic E-state index is 12.4. The first-order chi connectivity index (χ1) is 19.7. The van der Waals surface area contributed by atoms with Crippen molar-refractivity contribution in [1.82, 2.24) is 0 Å². The number of benzene rings is 1. The van der Waals surface area contributed by atoms with Crippen LogP contribution in [0.5, 0.6) is 5.75 Å². The van der Waals surface area contributed by atoms with E-state index in [0.29, 0.717) is 41.2 Å². The number of anilines is 2. The van der Waals surface area contributed by atoms with E-state index in [0.717, 1.165) is 67.4 Å². The molecule has 2 unspecified atom stereocenters. The number of hydrogen-bond acceptors (Lipinski definition) is 5. The summed E-state index contributed by atoms with van der Waals surface area (Å²) >= 11 is 0. The van der Waals surface area contributed by atoms with Crippen molar-refractivity contribution in [2.45, 2.75) is 130 Å². The van der Waals surface area contributed by atoms with Crippen LogP contribution in [0.1, 0.15) is 124 Å². The standard InChI is InChI=1S/C36H58N2O3/c1-5-6-7-8-21-40-34(39)16-9-24(2)29-13-14-30-28-12-10-25-22-27(41-33-15-11-26(37)23-32(33)38)17-19-35(25,3)31(28)18-20-36(29,30)4/h11,15,23-25,27-31H,5-10,12-14,16-22,37-38H2,1-4H3/t24-,25?,27?,28+,29-,30+,31+,35+,36-/m1/s1. The van der Waals surface area contributed by atoms with Crippen LogP contribution in [0.25, 0.3) is 0 Å². The fraction of sp³-hybridized carbons (Fsp3) is 0.806. The summed E-state index contributed by atoms with van der Waals surface area (Å²) in [5.74, 6) is 5.44. The molecular formula is C36H58N2O3. The van der Waals surface area contributed by atoms with Gasteiger partial charge in [-0.1, -0.05) is 47.0 Å². The summed E-state index contributed by atoms with van der Waals surface area (Å²) in [6.45, 7) is 10.5. The van der Waals surface area contributed by atoms with Crippen LogP contribution in [-0.2, 0) is 9.53 Å². The Labute approximate surface area is 249 Å². The van der Waals surface area contributed by atoms with E-state index in [4.69, 9.17) is 20.9 Å². The van der Waals surface area contributed by atoms with Gasteiger partial charge in [0.05, 0.1) is 18.4 Å². The molecule has 5 heteroatoms. The number of hydrogen-bond donors (Lipinski definition) is 2. The van der Waals surface area contributed by atoms with Gasteiger partial charge in [-0.05, 0) is 135 Å². The van der Waals surface area contributed by atoms with Gasteiger partial charge in [0.25, 0.3) is 0 Å². The van der Waals surface area contributed by atoms with Crippen LogP contribution in [0.3, 0.4) is 0 Å². The number of carbonyl (C=O) groups excluding carboxylic acids is 1. The molecule has 0 amide bonds. The van der Waals surface area contributed by atoms with E-state index in [9.17, 15) is 4.79 Å². The van der Waals surface area contributed by atoms with E-state index in [1.165, 1.54) is 57.8 Å². The van der Waals surface area contributed by atoms with E-state index in [1.807, 2.05) is 18.2 Å². The highest BCUT2D eigenvalue weighted by Crippen LogP contribution is 2.68. The molecule has 4 fully saturated rings. The van der Waals surface area contributed by atoms with Gasteiger partial charge in [-0.2, -0.15) is 0 Å². The Morgan fingerprint density at radius 2 is 1.76 bits per heavy atom. The lowest BCUT2D eigenvalue weighted by Crippen LogP contribution is -2.54. The number of carbonyl (C=O) groups is 1. The first-order valence-electron chi connectivity index (χ1n) is 17.1. The molecule has 0 heterocycles. The molecule has 41 heavy (non-hydrogen) atoms. The Kier molecular flexibility index (Phi) is 9.50. The average molecular weight is 567 g/mol. The fourth-order valence-electron chi connectivity index (χ4n) is 10.5. The van der Waals surface area contributed by atoms with E-state index in [2.05, 4.69) is 27.7 Å². The Hall–Kier alpha value is -1.91. The minimum Gasteiger partial charge on any atom is -0.488 e. The molecule has 4 saturated carbocycles. The molecule has 0 spiro atoms. The van der Waals surface area contributed by atoms with Gasteiger partial charge in [0.1, 0.15) is 5.75 Å². The van der Waals surface area contributed by atoms with Gasteiger partial charge < -0.3 is 20.9 Å². The molecule has 4 aliphatic rings. The molecular weight excluding hydrogens is 508 g/mol. The summed E-state index contributed by atoms with van der Waals surface area (Å²) in [5.41, 5.74) is 14.3. The topological polar surface area (TPSA) is 87.6 Å². The van der Waals surface area contributed by atoms with Gasteiger partial charge in [-0.3, -0.25) is 4.79 Å². The number of nitrogen functional groups attached to an aromatic ring is 2. The summed E-state index contributed by atoms with van der Waals surface area (Å²) in [4.78, 5) is 12.4. The highest BCUT2D eigenvalue weighted by molar-refractivity contribution is 5.69. The number of unbranched alkanes of at least 4 members (excludes halogenated alkanes) is 3. The monoisotopic (exact) mass is 566 g/mol. The molecule has 0 bridgehead atoms. The molecule has 9 atom stereocenters. The quantitative estimate of drug-likeness (QED) is 0.159. The number of nitrogens with two attached hydrogens (primary N) is 2. The van der Waals surface area contributed by atoms with Crippen molar-refractivity contribution in [2.24, 2.45) is 46.3 Å². The minimum absolute atomic E-state index is 0.0154. The van der Waals surface area contributed by atoms with Crippen molar-refractivity contribution in [3.05, 3.63) is 18.2 Å². The SMILES string of the molecule is CCCCCCOC(=O)CC[C@@H](C)[C@H]1CC[C@H]2[C@@H]3CCC4CC(Oc5ccc(N)cc5N)CC[C@]4(C)[C@H]3CC[C@]12C. The lowest BCUT2D eigenvalue weighted by Gasteiger charge is -2.61. The van der Waals surface area contributed by atoms with Crippen molar-refractivity contribution in [1.29, 1.82) is 0 Å². The normalized spacial score (nSPS) is 37.0. The first kappa shape index (κ1) is 30.5. The third-order valence-corrected chi connectivity index (χ3v) is 12.8. The summed E-state index contributed by atoms with van der Waals surface area (Å²) in [7, 11) is 0. The van der Waals surface area contributed by atoms with Gasteiger partial charge in [0.2, 0.25) is 0 Å². The van der Waals surface area contributed by atoms with Crippen LogP contribution < -0.4 is 16.2 Å². The van der Waals surface area contributed by atoms with E-state index in [-0.39, 0.29) is 12.1 Å². The van der Waals surface area contributed by atoms with Crippen molar-refractivity contribution < 1.29 is 14.3 Å². The third kappa shape index (κ3) is 6.25. The van der Waals surface area contributed by atoms with Crippen molar-refractivity contribution >= 4 is 17.3 Å². The predicted octanol–water partition coefficient (Wildman–Crippen LogP) is 8.80. The molecule has 230 valence electrons. The second-order valence-electron chi connectivity index (χ2n) is 15.0. The lowest BCUT2D eigenvalue weighted by atomic mass is 9.44. The fourth-order valence-corrected chi connectivity index (χ4v) is 10.5. The number of rotatable bonds is 11. The summed E-state index contributed by atoms with van der Waals surface area (Å²) < 4.78 is 12.0. The summed E-state index contributed by atoms with van der Waals surface area (Å²) in [6.07, 6.45) is 18.2. The van der Waals surface area contributed by atoms with Crippen molar-refractivity contribution in [3.8, 4) is 5.75 Å². The highest BCUT2D eigenvalue weighted by Gasteiger charge is 2.60. The van der Waals surface area contributed by atoms with Crippen molar-refractivity contribution in [3.63, 3.8) is 0 Å². The zero-order chi connectivity index (χ0) is 29.2. The minimum atomic E-state index is 0.0154. The maximum absolute atomic E-state index is 12.4. The van der Waals surface area contributed by atoms with E-state index >= 15 is 0 Å². The molecule has 4 aliphatic carbocycles. The van der Waals surface area contributed by atoms with Crippen LogP contribution >= 0.6 is 0 Å². The first-order valence-corrected chi connectivity index (χ1v) is 17.1. The van der Waals surface area contributed by atoms with Crippen molar-refractivity contribution in [2.75, 3.05) is 18.1 Å². The van der Waals surface area contributed by atoms with Gasteiger partial charge in [-0.15, -0.1) is 0 Å². The van der Waals surface area contributed by atoms with Crippen LogP contribution in [0.2, 0.25) is 0 Å². The Bertz CT molecular complexity index is 1040. The summed E-state index contributed by atoms with van der Waals surface area (Å²) in [6, 6.07) is 5.63. The number of fused-ring (bicyclic) bond motifs is 5. The van der Waals surface area contributed by atoms with Crippen LogP contribution in [-0.4, -0.2) is 18.7 Å². The largest absolute Gasteiger partial charge is 0.488 e. The second kappa shape index (κ2) is 12.8. The zero-order valence-electron chi connectivity index (χ0n) is 26.5. The van der Waals surface area contributed by atoms with Crippen LogP contribution in [0.4, 0.5) is 11.4 Å². The molecule has 5 nitrogen and oxygen atoms in total. The molecule has 0 radical (unpaired) electrons. The maximum Gasteiger partial charge on any atom is 0.305 e. The van der Waals surface area contributed by atoms with Gasteiger partial charge in [0, 0.05) is 12.1 Å². The van der Waals surface area contributed by atoms with E-state index in [1.54, 1.807) is 0 Å². The molecule has 4 N–H and O–H groups in total. The number of esters is 1. The average Bonchev–Trinajstić information content (AvgIpc) is 3.30. The Morgan fingerprint density at radius 1 is 0.976 bits per heavy atom. The lowest BCUT2D eigenvalue weighted by molar-refractivity contribution is -0.144. The number of ether oxygens (including phenoxy) is 2.